The number of nitrogens with two attached hydrogens (primary N) is 1. The van der Waals surface area contributed by atoms with Crippen LogP contribution in [-0.4, -0.2) is 40.5 Å². The summed E-state index contributed by atoms with van der Waals surface area (Å²) in [5.41, 5.74) is 1.39. The summed E-state index contributed by atoms with van der Waals surface area (Å²) in [6.07, 6.45) is 1.97. The first-order chi connectivity index (χ1) is 9.22. The van der Waals surface area contributed by atoms with Crippen LogP contribution in [0, 0.1) is 5.92 Å². The van der Waals surface area contributed by atoms with E-state index in [0.29, 0.717) is 25.4 Å². The summed E-state index contributed by atoms with van der Waals surface area (Å²) in [7, 11) is 0. The first kappa shape index (κ1) is 19.3. The number of aliphatic hydroxyl groups is 2. The summed E-state index contributed by atoms with van der Waals surface area (Å²) < 4.78 is 4.92. The number of carbonyl (C=O) groups is 1. The van der Waals surface area contributed by atoms with Gasteiger partial charge in [-0.05, 0) is 52.4 Å². The molecule has 1 unspecified atom stereocenters. The van der Waals surface area contributed by atoms with E-state index in [2.05, 4.69) is 12.3 Å². The summed E-state index contributed by atoms with van der Waals surface area (Å²) in [5.74, 6) is 5.34. The Balaban J connectivity index is 4.02. The normalized spacial score (nSPS) is 16.6. The minimum atomic E-state index is -1.08. The number of carbonyl (C=O) groups excluding carboxylic acids is 1. The molecule has 0 aromatic carbocycles. The van der Waals surface area contributed by atoms with Gasteiger partial charge in [0.2, 0.25) is 0 Å². The van der Waals surface area contributed by atoms with Gasteiger partial charge in [0.1, 0.15) is 6.04 Å². The highest BCUT2D eigenvalue weighted by Crippen LogP contribution is 2.20. The van der Waals surface area contributed by atoms with Crippen molar-refractivity contribution in [1.29, 1.82) is 0 Å². The predicted molar refractivity (Wildman–Crippen MR) is 77.7 cm³/mol. The molecule has 5 N–H and O–H groups in total. The van der Waals surface area contributed by atoms with E-state index in [4.69, 9.17) is 10.6 Å². The number of esters is 1. The highest BCUT2D eigenvalue weighted by atomic mass is 16.5. The van der Waals surface area contributed by atoms with Gasteiger partial charge in [0.15, 0.2) is 0 Å². The Morgan fingerprint density at radius 3 is 2.30 bits per heavy atom. The van der Waals surface area contributed by atoms with Crippen molar-refractivity contribution in [3.05, 3.63) is 0 Å². The van der Waals surface area contributed by atoms with Gasteiger partial charge in [0.25, 0.3) is 0 Å². The fraction of sp³-hybridized carbons (Fsp3) is 0.929. The van der Waals surface area contributed by atoms with Gasteiger partial charge in [-0.2, -0.15) is 0 Å². The molecular formula is C14H30N2O4. The minimum absolute atomic E-state index is 0.331. The van der Waals surface area contributed by atoms with Crippen LogP contribution in [0.5, 0.6) is 0 Å². The quantitative estimate of drug-likeness (QED) is 0.268. The Morgan fingerprint density at radius 1 is 1.30 bits per heavy atom. The lowest BCUT2D eigenvalue weighted by atomic mass is 9.91. The maximum absolute atomic E-state index is 11.5. The highest BCUT2D eigenvalue weighted by molar-refractivity contribution is 5.75. The molecule has 0 bridgehead atoms. The van der Waals surface area contributed by atoms with Crippen LogP contribution in [0.1, 0.15) is 53.4 Å². The van der Waals surface area contributed by atoms with Gasteiger partial charge in [0.05, 0.1) is 18.3 Å². The van der Waals surface area contributed by atoms with Gasteiger partial charge in [-0.1, -0.05) is 6.92 Å². The first-order valence-electron chi connectivity index (χ1n) is 7.25. The predicted octanol–water partition coefficient (Wildman–Crippen LogP) is 0.710. The lowest BCUT2D eigenvalue weighted by Gasteiger charge is -2.25. The van der Waals surface area contributed by atoms with Gasteiger partial charge in [-0.25, -0.2) is 5.43 Å². The lowest BCUT2D eigenvalue weighted by molar-refractivity contribution is -0.145. The molecule has 120 valence electrons. The van der Waals surface area contributed by atoms with E-state index in [1.807, 2.05) is 0 Å². The van der Waals surface area contributed by atoms with Gasteiger partial charge in [0, 0.05) is 0 Å². The molecule has 6 nitrogen and oxygen atoms in total. The number of aliphatic hydroxyl groups excluding tert-OH is 1. The van der Waals surface area contributed by atoms with E-state index in [1.54, 1.807) is 20.8 Å². The van der Waals surface area contributed by atoms with Crippen molar-refractivity contribution in [1.82, 2.24) is 5.43 Å². The van der Waals surface area contributed by atoms with Gasteiger partial charge in [-0.15, -0.1) is 0 Å². The fourth-order valence-electron chi connectivity index (χ4n) is 1.90. The van der Waals surface area contributed by atoms with Gasteiger partial charge in [-0.3, -0.25) is 10.6 Å². The Morgan fingerprint density at radius 2 is 1.85 bits per heavy atom. The molecule has 6 heteroatoms. The third-order valence-electron chi connectivity index (χ3n) is 3.47. The van der Waals surface area contributed by atoms with Crippen molar-refractivity contribution in [3.63, 3.8) is 0 Å². The van der Waals surface area contributed by atoms with E-state index < -0.39 is 17.7 Å². The molecular weight excluding hydrogens is 260 g/mol. The summed E-state index contributed by atoms with van der Waals surface area (Å²) in [6, 6.07) is -0.489. The second-order valence-corrected chi connectivity index (χ2v) is 5.90. The standard InChI is InChI=1S/C14H30N2O4/c1-5-20-13(18)11(16-15)8-6-10(2)7-9-12(17)14(3,4)19/h10-12,16-17,19H,5-9,15H2,1-4H3/t10-,11-,12?/m0/s1. The van der Waals surface area contributed by atoms with Crippen LogP contribution in [0.2, 0.25) is 0 Å². The Labute approximate surface area is 121 Å². The van der Waals surface area contributed by atoms with Crippen LogP contribution in [0.15, 0.2) is 0 Å². The monoisotopic (exact) mass is 290 g/mol. The molecule has 0 rings (SSSR count). The zero-order valence-corrected chi connectivity index (χ0v) is 13.1. The van der Waals surface area contributed by atoms with E-state index in [1.165, 1.54) is 0 Å². The number of hydrazine groups is 1. The Hall–Kier alpha value is -0.690. The van der Waals surface area contributed by atoms with Crippen molar-refractivity contribution in [3.8, 4) is 0 Å². The molecule has 0 amide bonds. The average molecular weight is 290 g/mol. The third kappa shape index (κ3) is 7.79. The number of ether oxygens (including phenoxy) is 1. The summed E-state index contributed by atoms with van der Waals surface area (Å²) in [4.78, 5) is 11.5. The van der Waals surface area contributed by atoms with Crippen molar-refractivity contribution in [2.75, 3.05) is 6.61 Å². The van der Waals surface area contributed by atoms with E-state index in [-0.39, 0.29) is 5.97 Å². The van der Waals surface area contributed by atoms with Crippen LogP contribution in [0.4, 0.5) is 0 Å². The van der Waals surface area contributed by atoms with E-state index in [9.17, 15) is 15.0 Å². The summed E-state index contributed by atoms with van der Waals surface area (Å²) in [6.45, 7) is 7.33. The topological polar surface area (TPSA) is 105 Å². The molecule has 0 heterocycles. The van der Waals surface area contributed by atoms with Crippen LogP contribution >= 0.6 is 0 Å². The Bertz CT molecular complexity index is 279. The zero-order valence-electron chi connectivity index (χ0n) is 13.1. The summed E-state index contributed by atoms with van der Waals surface area (Å²) in [5, 5.41) is 19.4. The first-order valence-corrected chi connectivity index (χ1v) is 7.25. The number of hydrogen-bond donors (Lipinski definition) is 4. The average Bonchev–Trinajstić information content (AvgIpc) is 2.35. The van der Waals surface area contributed by atoms with Crippen LogP contribution < -0.4 is 11.3 Å². The largest absolute Gasteiger partial charge is 0.465 e. The van der Waals surface area contributed by atoms with Crippen molar-refractivity contribution in [2.24, 2.45) is 11.8 Å². The molecule has 0 spiro atoms. The second-order valence-electron chi connectivity index (χ2n) is 5.90. The fourth-order valence-corrected chi connectivity index (χ4v) is 1.90. The minimum Gasteiger partial charge on any atom is -0.465 e. The molecule has 0 aromatic rings. The third-order valence-corrected chi connectivity index (χ3v) is 3.47. The molecule has 3 atom stereocenters. The molecule has 20 heavy (non-hydrogen) atoms. The Kier molecular flexibility index (Phi) is 8.96. The zero-order chi connectivity index (χ0) is 15.8. The molecule has 0 saturated heterocycles. The van der Waals surface area contributed by atoms with Gasteiger partial charge >= 0.3 is 5.97 Å². The molecule has 0 aliphatic heterocycles. The smallest absolute Gasteiger partial charge is 0.324 e. The molecule has 0 saturated carbocycles. The SMILES string of the molecule is CCOC(=O)[C@H](CC[C@H](C)CCC(O)C(C)(C)O)NN. The summed E-state index contributed by atoms with van der Waals surface area (Å²) >= 11 is 0. The van der Waals surface area contributed by atoms with Crippen LogP contribution in [0.25, 0.3) is 0 Å². The second kappa shape index (κ2) is 9.28. The molecule has 0 aromatic heterocycles. The van der Waals surface area contributed by atoms with E-state index >= 15 is 0 Å². The van der Waals surface area contributed by atoms with Crippen molar-refractivity contribution >= 4 is 5.97 Å². The maximum Gasteiger partial charge on any atom is 0.324 e. The number of rotatable bonds is 10. The van der Waals surface area contributed by atoms with Crippen LogP contribution in [0.3, 0.4) is 0 Å². The van der Waals surface area contributed by atoms with Gasteiger partial charge < -0.3 is 14.9 Å². The van der Waals surface area contributed by atoms with Crippen molar-refractivity contribution in [2.45, 2.75) is 71.1 Å². The molecule has 0 aliphatic rings. The van der Waals surface area contributed by atoms with Crippen molar-refractivity contribution < 1.29 is 19.7 Å². The molecule has 0 radical (unpaired) electrons. The van der Waals surface area contributed by atoms with E-state index in [0.717, 1.165) is 12.8 Å². The maximum atomic E-state index is 11.5. The van der Waals surface area contributed by atoms with Crippen LogP contribution in [-0.2, 0) is 9.53 Å². The number of nitrogens with one attached hydrogen (secondary N) is 1. The molecule has 0 aliphatic carbocycles. The lowest BCUT2D eigenvalue weighted by Crippen LogP contribution is -2.42. The highest BCUT2D eigenvalue weighted by Gasteiger charge is 2.25. The number of hydrogen-bond acceptors (Lipinski definition) is 6. The molecule has 0 fully saturated rings.